The summed E-state index contributed by atoms with van der Waals surface area (Å²) in [5.74, 6) is 0.908. The summed E-state index contributed by atoms with van der Waals surface area (Å²) in [6.45, 7) is 5.25. The second-order valence-electron chi connectivity index (χ2n) is 6.61. The molecular weight excluding hydrogens is 324 g/mol. The number of aromatic hydroxyl groups is 1. The molecule has 1 heterocycles. The van der Waals surface area contributed by atoms with Gasteiger partial charge in [0.25, 0.3) is 0 Å². The van der Waals surface area contributed by atoms with Gasteiger partial charge in [0, 0.05) is 30.1 Å². The minimum atomic E-state index is 0.244. The first-order valence-corrected chi connectivity index (χ1v) is 9.58. The van der Waals surface area contributed by atoms with Crippen molar-refractivity contribution >= 4 is 6.08 Å². The van der Waals surface area contributed by atoms with Crippen LogP contribution in [0.15, 0.2) is 42.7 Å². The molecule has 0 radical (unpaired) electrons. The number of ether oxygens (including phenoxy) is 1. The molecule has 1 aromatic carbocycles. The molecule has 0 spiro atoms. The summed E-state index contributed by atoms with van der Waals surface area (Å²) in [4.78, 5) is 8.78. The number of phenols is 1. The maximum absolute atomic E-state index is 9.33. The van der Waals surface area contributed by atoms with E-state index in [0.29, 0.717) is 11.9 Å². The first kappa shape index (κ1) is 20.1. The van der Waals surface area contributed by atoms with Crippen molar-refractivity contribution < 1.29 is 9.84 Å². The van der Waals surface area contributed by atoms with Gasteiger partial charge in [0.1, 0.15) is 5.75 Å². The molecular formula is C22H30N2O2. The van der Waals surface area contributed by atoms with E-state index in [2.05, 4.69) is 36.0 Å². The summed E-state index contributed by atoms with van der Waals surface area (Å²) in [6, 6.07) is 6.90. The van der Waals surface area contributed by atoms with Gasteiger partial charge in [0.2, 0.25) is 0 Å². The third-order valence-corrected chi connectivity index (χ3v) is 4.24. The van der Waals surface area contributed by atoms with Crippen LogP contribution in [0.2, 0.25) is 0 Å². The highest BCUT2D eigenvalue weighted by atomic mass is 16.5. The van der Waals surface area contributed by atoms with E-state index in [1.54, 1.807) is 12.1 Å². The van der Waals surface area contributed by atoms with E-state index < -0.39 is 0 Å². The molecule has 1 unspecified atom stereocenters. The van der Waals surface area contributed by atoms with Gasteiger partial charge in [0.15, 0.2) is 5.82 Å². The number of benzene rings is 1. The van der Waals surface area contributed by atoms with Crippen LogP contribution in [-0.4, -0.2) is 27.8 Å². The van der Waals surface area contributed by atoms with Crippen LogP contribution in [0.4, 0.5) is 0 Å². The molecule has 0 bridgehead atoms. The molecule has 1 atom stereocenters. The normalized spacial score (nSPS) is 12.5. The second kappa shape index (κ2) is 11.4. The van der Waals surface area contributed by atoms with Crippen LogP contribution in [0.3, 0.4) is 0 Å². The van der Waals surface area contributed by atoms with Crippen molar-refractivity contribution in [3.8, 4) is 17.1 Å². The second-order valence-corrected chi connectivity index (χ2v) is 6.61. The third kappa shape index (κ3) is 7.36. The molecule has 0 aliphatic heterocycles. The molecule has 1 N–H and O–H groups in total. The molecule has 0 fully saturated rings. The van der Waals surface area contributed by atoms with Gasteiger partial charge in [-0.15, -0.1) is 0 Å². The number of hydrogen-bond acceptors (Lipinski definition) is 4. The van der Waals surface area contributed by atoms with Crippen LogP contribution < -0.4 is 0 Å². The standard InChI is InChI=1S/C22H30N2O2/c1-3-4-8-15-26-18(2)9-6-5-7-10-19-16-23-22(24-17-19)20-11-13-21(25)14-12-20/h7,10-14,16-18,25H,3-6,8-9,15H2,1-2H3/b10-7+. The van der Waals surface area contributed by atoms with Crippen molar-refractivity contribution in [3.63, 3.8) is 0 Å². The summed E-state index contributed by atoms with van der Waals surface area (Å²) in [6.07, 6.45) is 15.1. The molecule has 0 aliphatic carbocycles. The van der Waals surface area contributed by atoms with Crippen molar-refractivity contribution in [2.24, 2.45) is 0 Å². The number of hydrogen-bond donors (Lipinski definition) is 1. The van der Waals surface area contributed by atoms with Crippen molar-refractivity contribution in [1.29, 1.82) is 0 Å². The fourth-order valence-electron chi connectivity index (χ4n) is 2.65. The highest BCUT2D eigenvalue weighted by molar-refractivity contribution is 5.57. The van der Waals surface area contributed by atoms with Crippen LogP contribution in [-0.2, 0) is 4.74 Å². The first-order chi connectivity index (χ1) is 12.7. The predicted molar refractivity (Wildman–Crippen MR) is 107 cm³/mol. The van der Waals surface area contributed by atoms with Gasteiger partial charge in [-0.25, -0.2) is 9.97 Å². The molecule has 4 nitrogen and oxygen atoms in total. The minimum absolute atomic E-state index is 0.244. The minimum Gasteiger partial charge on any atom is -0.508 e. The lowest BCUT2D eigenvalue weighted by atomic mass is 10.1. The molecule has 0 amide bonds. The Hall–Kier alpha value is -2.20. The topological polar surface area (TPSA) is 55.2 Å². The molecule has 26 heavy (non-hydrogen) atoms. The third-order valence-electron chi connectivity index (χ3n) is 4.24. The Labute approximate surface area is 157 Å². The Morgan fingerprint density at radius 2 is 1.81 bits per heavy atom. The lowest BCUT2D eigenvalue weighted by Crippen LogP contribution is -2.08. The van der Waals surface area contributed by atoms with E-state index in [0.717, 1.165) is 37.0 Å². The number of rotatable bonds is 11. The molecule has 2 rings (SSSR count). The van der Waals surface area contributed by atoms with E-state index in [4.69, 9.17) is 4.74 Å². The molecule has 1 aromatic heterocycles. The van der Waals surface area contributed by atoms with Gasteiger partial charge >= 0.3 is 0 Å². The van der Waals surface area contributed by atoms with E-state index >= 15 is 0 Å². The number of aromatic nitrogens is 2. The lowest BCUT2D eigenvalue weighted by Gasteiger charge is -2.11. The zero-order chi connectivity index (χ0) is 18.6. The number of allylic oxidation sites excluding steroid dienone is 1. The van der Waals surface area contributed by atoms with Gasteiger partial charge in [-0.2, -0.15) is 0 Å². The number of phenolic OH excluding ortho intramolecular Hbond substituents is 1. The summed E-state index contributed by atoms with van der Waals surface area (Å²) in [5, 5.41) is 9.33. The maximum Gasteiger partial charge on any atom is 0.159 e. The molecule has 140 valence electrons. The molecule has 0 saturated carbocycles. The van der Waals surface area contributed by atoms with E-state index in [1.165, 1.54) is 19.3 Å². The zero-order valence-corrected chi connectivity index (χ0v) is 15.9. The maximum atomic E-state index is 9.33. The predicted octanol–water partition coefficient (Wildman–Crippen LogP) is 5.63. The van der Waals surface area contributed by atoms with E-state index in [-0.39, 0.29) is 5.75 Å². The Bertz CT molecular complexity index is 651. The summed E-state index contributed by atoms with van der Waals surface area (Å²) < 4.78 is 5.81. The quantitative estimate of drug-likeness (QED) is 0.531. The Balaban J connectivity index is 1.69. The average Bonchev–Trinajstić information content (AvgIpc) is 2.66. The monoisotopic (exact) mass is 354 g/mol. The van der Waals surface area contributed by atoms with Crippen LogP contribution in [0, 0.1) is 0 Å². The Morgan fingerprint density at radius 3 is 2.50 bits per heavy atom. The van der Waals surface area contributed by atoms with Crippen molar-refractivity contribution in [2.75, 3.05) is 6.61 Å². The van der Waals surface area contributed by atoms with Crippen molar-refractivity contribution in [3.05, 3.63) is 48.3 Å². The molecule has 0 aliphatic rings. The van der Waals surface area contributed by atoms with E-state index in [1.807, 2.05) is 24.5 Å². The summed E-state index contributed by atoms with van der Waals surface area (Å²) >= 11 is 0. The van der Waals surface area contributed by atoms with Gasteiger partial charge in [-0.05, 0) is 56.9 Å². The lowest BCUT2D eigenvalue weighted by molar-refractivity contribution is 0.0566. The number of nitrogens with zero attached hydrogens (tertiary/aromatic N) is 2. The smallest absolute Gasteiger partial charge is 0.159 e. The molecule has 2 aromatic rings. The SMILES string of the molecule is CCCCCOC(C)CCC/C=C/c1cnc(-c2ccc(O)cc2)nc1. The van der Waals surface area contributed by atoms with Crippen molar-refractivity contribution in [2.45, 2.75) is 58.5 Å². The van der Waals surface area contributed by atoms with Gasteiger partial charge < -0.3 is 9.84 Å². The van der Waals surface area contributed by atoms with Crippen LogP contribution in [0.1, 0.15) is 57.9 Å². The van der Waals surface area contributed by atoms with E-state index in [9.17, 15) is 5.11 Å². The fraction of sp³-hybridized carbons (Fsp3) is 0.455. The molecule has 0 saturated heterocycles. The highest BCUT2D eigenvalue weighted by Gasteiger charge is 2.02. The Kier molecular flexibility index (Phi) is 8.84. The summed E-state index contributed by atoms with van der Waals surface area (Å²) in [5.41, 5.74) is 1.89. The molecule has 4 heteroatoms. The van der Waals surface area contributed by atoms with Crippen molar-refractivity contribution in [1.82, 2.24) is 9.97 Å². The van der Waals surface area contributed by atoms with Crippen LogP contribution in [0.25, 0.3) is 17.5 Å². The number of unbranched alkanes of at least 4 members (excludes halogenated alkanes) is 3. The van der Waals surface area contributed by atoms with Gasteiger partial charge in [0.05, 0.1) is 6.10 Å². The van der Waals surface area contributed by atoms with Gasteiger partial charge in [-0.3, -0.25) is 0 Å². The summed E-state index contributed by atoms with van der Waals surface area (Å²) in [7, 11) is 0. The largest absolute Gasteiger partial charge is 0.508 e. The highest BCUT2D eigenvalue weighted by Crippen LogP contribution is 2.18. The zero-order valence-electron chi connectivity index (χ0n) is 15.9. The van der Waals surface area contributed by atoms with Gasteiger partial charge in [-0.1, -0.05) is 31.9 Å². The Morgan fingerprint density at radius 1 is 1.08 bits per heavy atom. The first-order valence-electron chi connectivity index (χ1n) is 9.58. The van der Waals surface area contributed by atoms with Crippen LogP contribution in [0.5, 0.6) is 5.75 Å². The van der Waals surface area contributed by atoms with Crippen LogP contribution >= 0.6 is 0 Å². The average molecular weight is 354 g/mol. The fourth-order valence-corrected chi connectivity index (χ4v) is 2.65.